The maximum absolute atomic E-state index is 5.71. The van der Waals surface area contributed by atoms with E-state index in [2.05, 4.69) is 46.7 Å². The van der Waals surface area contributed by atoms with Crippen molar-refractivity contribution in [1.82, 2.24) is 14.5 Å². The summed E-state index contributed by atoms with van der Waals surface area (Å²) in [5.74, 6) is 1.78. The minimum absolute atomic E-state index is 0.725. The van der Waals surface area contributed by atoms with Gasteiger partial charge in [-0.2, -0.15) is 0 Å². The van der Waals surface area contributed by atoms with Gasteiger partial charge < -0.3 is 9.47 Å². The van der Waals surface area contributed by atoms with Crippen molar-refractivity contribution >= 4 is 22.6 Å². The van der Waals surface area contributed by atoms with Gasteiger partial charge in [-0.05, 0) is 44.6 Å². The maximum Gasteiger partial charge on any atom is 0.106 e. The van der Waals surface area contributed by atoms with Crippen LogP contribution in [0.15, 0.2) is 18.2 Å². The van der Waals surface area contributed by atoms with Crippen LogP contribution >= 0.6 is 11.6 Å². The van der Waals surface area contributed by atoms with E-state index >= 15 is 0 Å². The first kappa shape index (κ1) is 13.4. The van der Waals surface area contributed by atoms with E-state index in [9.17, 15) is 0 Å². The summed E-state index contributed by atoms with van der Waals surface area (Å²) in [7, 11) is 4.18. The Morgan fingerprint density at radius 1 is 1.39 bits per heavy atom. The van der Waals surface area contributed by atoms with Gasteiger partial charge in [0.15, 0.2) is 0 Å². The summed E-state index contributed by atoms with van der Waals surface area (Å²) < 4.78 is 2.12. The number of benzene rings is 1. The number of hydrogen-bond acceptors (Lipinski definition) is 2. The first-order valence-corrected chi connectivity index (χ1v) is 6.81. The predicted octanol–water partition coefficient (Wildman–Crippen LogP) is 2.94. The number of aryl methyl sites for hydroxylation is 2. The quantitative estimate of drug-likeness (QED) is 0.775. The first-order chi connectivity index (χ1) is 8.61. The summed E-state index contributed by atoms with van der Waals surface area (Å²) >= 11 is 5.71. The summed E-state index contributed by atoms with van der Waals surface area (Å²) in [6.07, 6.45) is 1.03. The summed E-state index contributed by atoms with van der Waals surface area (Å²) in [5.41, 5.74) is 3.58. The zero-order valence-corrected chi connectivity index (χ0v) is 12.0. The number of aromatic nitrogens is 2. The predicted molar refractivity (Wildman–Crippen MR) is 77.1 cm³/mol. The fraction of sp³-hybridized carbons (Fsp3) is 0.500. The molecule has 0 aliphatic carbocycles. The monoisotopic (exact) mass is 265 g/mol. The van der Waals surface area contributed by atoms with Crippen LogP contribution in [0.5, 0.6) is 0 Å². The molecule has 0 spiro atoms. The molecule has 0 unspecified atom stereocenters. The Balaban J connectivity index is 2.15. The molecule has 0 saturated carbocycles. The molecular formula is C14H20ClN3. The van der Waals surface area contributed by atoms with Crippen LogP contribution in [0.3, 0.4) is 0 Å². The number of rotatable bonds is 5. The zero-order valence-electron chi connectivity index (χ0n) is 11.3. The summed E-state index contributed by atoms with van der Waals surface area (Å²) in [6.45, 7) is 4.01. The highest BCUT2D eigenvalue weighted by atomic mass is 35.5. The Hall–Kier alpha value is -1.06. The molecule has 18 heavy (non-hydrogen) atoms. The molecule has 0 amide bonds. The molecule has 2 aromatic rings. The number of fused-ring (bicyclic) bond motifs is 1. The normalized spacial score (nSPS) is 11.6. The Morgan fingerprint density at radius 2 is 2.17 bits per heavy atom. The van der Waals surface area contributed by atoms with E-state index in [4.69, 9.17) is 11.6 Å². The van der Waals surface area contributed by atoms with E-state index in [0.29, 0.717) is 0 Å². The summed E-state index contributed by atoms with van der Waals surface area (Å²) in [5, 5.41) is 0. The van der Waals surface area contributed by atoms with Gasteiger partial charge in [0.2, 0.25) is 0 Å². The summed E-state index contributed by atoms with van der Waals surface area (Å²) in [4.78, 5) is 6.86. The number of nitrogens with zero attached hydrogens (tertiary/aromatic N) is 3. The molecule has 2 rings (SSSR count). The lowest BCUT2D eigenvalue weighted by Crippen LogP contribution is -2.19. The fourth-order valence-electron chi connectivity index (χ4n) is 2.18. The smallest absolute Gasteiger partial charge is 0.106 e. The second-order valence-corrected chi connectivity index (χ2v) is 5.20. The molecule has 0 aliphatic rings. The maximum atomic E-state index is 5.71. The topological polar surface area (TPSA) is 21.1 Å². The lowest BCUT2D eigenvalue weighted by molar-refractivity contribution is 0.328. The van der Waals surface area contributed by atoms with E-state index in [1.54, 1.807) is 0 Å². The largest absolute Gasteiger partial charge is 0.331 e. The highest BCUT2D eigenvalue weighted by molar-refractivity contribution is 6.17. The lowest BCUT2D eigenvalue weighted by Gasteiger charge is -2.15. The van der Waals surface area contributed by atoms with E-state index in [1.165, 1.54) is 11.1 Å². The molecule has 0 aliphatic heterocycles. The molecule has 1 aromatic carbocycles. The molecule has 1 heterocycles. The minimum atomic E-state index is 0.725. The van der Waals surface area contributed by atoms with Crippen molar-refractivity contribution in [2.45, 2.75) is 19.9 Å². The second kappa shape index (κ2) is 5.72. The van der Waals surface area contributed by atoms with Crippen LogP contribution < -0.4 is 0 Å². The number of halogens is 1. The van der Waals surface area contributed by atoms with Crippen LogP contribution in [-0.4, -0.2) is 33.9 Å². The molecule has 4 heteroatoms. The second-order valence-electron chi connectivity index (χ2n) is 4.82. The summed E-state index contributed by atoms with van der Waals surface area (Å²) in [6, 6.07) is 6.51. The average molecular weight is 266 g/mol. The Bertz CT molecular complexity index is 533. The van der Waals surface area contributed by atoms with Gasteiger partial charge in [-0.15, -0.1) is 11.6 Å². The first-order valence-electron chi connectivity index (χ1n) is 6.28. The van der Waals surface area contributed by atoms with Crippen LogP contribution in [0, 0.1) is 6.92 Å². The Labute approximate surface area is 113 Å². The van der Waals surface area contributed by atoms with Crippen LogP contribution in [0.25, 0.3) is 11.0 Å². The van der Waals surface area contributed by atoms with Crippen molar-refractivity contribution < 1.29 is 0 Å². The molecule has 0 fully saturated rings. The standard InChI is InChI=1S/C14H20ClN3/c1-11-16-13-9-12(5-6-14(13)18(11)3)10-17(2)8-4-7-15/h5-6,9H,4,7-8,10H2,1-3H3. The number of hydrogen-bond donors (Lipinski definition) is 0. The third-order valence-corrected chi connectivity index (χ3v) is 3.56. The van der Waals surface area contributed by atoms with E-state index in [-0.39, 0.29) is 0 Å². The highest BCUT2D eigenvalue weighted by Gasteiger charge is 2.06. The van der Waals surface area contributed by atoms with Crippen LogP contribution in [0.1, 0.15) is 17.8 Å². The van der Waals surface area contributed by atoms with E-state index < -0.39 is 0 Å². The molecule has 98 valence electrons. The third kappa shape index (κ3) is 2.85. The molecule has 3 nitrogen and oxygen atoms in total. The van der Waals surface area contributed by atoms with Gasteiger partial charge in [-0.1, -0.05) is 6.07 Å². The van der Waals surface area contributed by atoms with Gasteiger partial charge in [0.1, 0.15) is 5.82 Å². The van der Waals surface area contributed by atoms with Crippen molar-refractivity contribution in [3.63, 3.8) is 0 Å². The van der Waals surface area contributed by atoms with Crippen LogP contribution in [-0.2, 0) is 13.6 Å². The van der Waals surface area contributed by atoms with Crippen molar-refractivity contribution in [1.29, 1.82) is 0 Å². The van der Waals surface area contributed by atoms with E-state index in [1.807, 2.05) is 6.92 Å². The fourth-order valence-corrected chi connectivity index (χ4v) is 2.30. The zero-order chi connectivity index (χ0) is 13.1. The van der Waals surface area contributed by atoms with Gasteiger partial charge in [-0.25, -0.2) is 4.98 Å². The third-order valence-electron chi connectivity index (χ3n) is 3.29. The van der Waals surface area contributed by atoms with Gasteiger partial charge >= 0.3 is 0 Å². The van der Waals surface area contributed by atoms with Crippen molar-refractivity contribution in [2.75, 3.05) is 19.5 Å². The Morgan fingerprint density at radius 3 is 2.89 bits per heavy atom. The van der Waals surface area contributed by atoms with Gasteiger partial charge in [0, 0.05) is 19.5 Å². The van der Waals surface area contributed by atoms with Gasteiger partial charge in [0.05, 0.1) is 11.0 Å². The van der Waals surface area contributed by atoms with Crippen molar-refractivity contribution in [2.24, 2.45) is 7.05 Å². The molecule has 1 aromatic heterocycles. The van der Waals surface area contributed by atoms with Crippen molar-refractivity contribution in [3.05, 3.63) is 29.6 Å². The van der Waals surface area contributed by atoms with Crippen molar-refractivity contribution in [3.8, 4) is 0 Å². The minimum Gasteiger partial charge on any atom is -0.331 e. The number of alkyl halides is 1. The van der Waals surface area contributed by atoms with E-state index in [0.717, 1.165) is 36.7 Å². The van der Waals surface area contributed by atoms with Gasteiger partial charge in [0.25, 0.3) is 0 Å². The Kier molecular flexibility index (Phi) is 4.25. The molecule has 0 bridgehead atoms. The highest BCUT2D eigenvalue weighted by Crippen LogP contribution is 2.17. The average Bonchev–Trinajstić information content (AvgIpc) is 2.62. The lowest BCUT2D eigenvalue weighted by atomic mass is 10.2. The molecule has 0 atom stereocenters. The molecule has 0 N–H and O–H groups in total. The molecule has 0 radical (unpaired) electrons. The number of imidazole rings is 1. The van der Waals surface area contributed by atoms with Gasteiger partial charge in [-0.3, -0.25) is 0 Å². The van der Waals surface area contributed by atoms with Crippen LogP contribution in [0.2, 0.25) is 0 Å². The molecule has 0 saturated heterocycles. The molecular weight excluding hydrogens is 246 g/mol. The SMILES string of the molecule is Cc1nc2cc(CN(C)CCCCl)ccc2n1C. The van der Waals surface area contributed by atoms with Crippen LogP contribution in [0.4, 0.5) is 0 Å².